The quantitative estimate of drug-likeness (QED) is 0.789. The standard InChI is InChI=1S/C23H26N2O4/c26-16-23(12-13-23)18-8-10-19(11-9-18)25-14-4-7-20(21(25)27)24-22(28)29-15-17-5-2-1-3-6-17/h1-3,5-6,8-11,20,26H,4,7,12-16H2,(H,24,28). The van der Waals surface area contributed by atoms with Gasteiger partial charge in [0.1, 0.15) is 12.6 Å². The number of hydrogen-bond acceptors (Lipinski definition) is 4. The summed E-state index contributed by atoms with van der Waals surface area (Å²) in [6.07, 6.45) is 2.83. The van der Waals surface area contributed by atoms with Crippen LogP contribution < -0.4 is 10.2 Å². The van der Waals surface area contributed by atoms with Crippen LogP contribution >= 0.6 is 0 Å². The maximum atomic E-state index is 12.9. The Balaban J connectivity index is 1.35. The van der Waals surface area contributed by atoms with Crippen LogP contribution in [-0.4, -0.2) is 36.3 Å². The molecule has 1 aliphatic heterocycles. The number of anilines is 1. The zero-order valence-corrected chi connectivity index (χ0v) is 16.3. The monoisotopic (exact) mass is 394 g/mol. The maximum Gasteiger partial charge on any atom is 0.408 e. The first-order valence-corrected chi connectivity index (χ1v) is 10.1. The van der Waals surface area contributed by atoms with E-state index in [0.29, 0.717) is 13.0 Å². The van der Waals surface area contributed by atoms with Crippen molar-refractivity contribution in [2.45, 2.75) is 43.7 Å². The van der Waals surface area contributed by atoms with Gasteiger partial charge in [-0.05, 0) is 48.9 Å². The largest absolute Gasteiger partial charge is 0.445 e. The van der Waals surface area contributed by atoms with Crippen LogP contribution in [0, 0.1) is 0 Å². The van der Waals surface area contributed by atoms with Crippen LogP contribution in [0.1, 0.15) is 36.8 Å². The number of hydrogen-bond donors (Lipinski definition) is 2. The molecule has 0 aromatic heterocycles. The van der Waals surface area contributed by atoms with Gasteiger partial charge in [0.2, 0.25) is 5.91 Å². The van der Waals surface area contributed by atoms with Crippen molar-refractivity contribution in [1.29, 1.82) is 0 Å². The number of nitrogens with one attached hydrogen (secondary N) is 1. The molecule has 1 atom stereocenters. The number of carbonyl (C=O) groups excluding carboxylic acids is 2. The topological polar surface area (TPSA) is 78.9 Å². The van der Waals surface area contributed by atoms with Crippen LogP contribution in [0.25, 0.3) is 0 Å². The molecule has 1 unspecified atom stereocenters. The smallest absolute Gasteiger partial charge is 0.408 e. The average Bonchev–Trinajstić information content (AvgIpc) is 3.56. The minimum atomic E-state index is -0.584. The molecule has 152 valence electrons. The lowest BCUT2D eigenvalue weighted by molar-refractivity contribution is -0.121. The van der Waals surface area contributed by atoms with E-state index in [2.05, 4.69) is 5.32 Å². The molecular formula is C23H26N2O4. The zero-order valence-electron chi connectivity index (χ0n) is 16.3. The lowest BCUT2D eigenvalue weighted by atomic mass is 9.96. The number of carbonyl (C=O) groups is 2. The number of piperidine rings is 1. The lowest BCUT2D eigenvalue weighted by Crippen LogP contribution is -2.52. The van der Waals surface area contributed by atoms with E-state index >= 15 is 0 Å². The molecule has 2 aliphatic rings. The van der Waals surface area contributed by atoms with Gasteiger partial charge in [-0.3, -0.25) is 4.79 Å². The van der Waals surface area contributed by atoms with Crippen LogP contribution in [0.4, 0.5) is 10.5 Å². The third-order valence-corrected chi connectivity index (χ3v) is 5.89. The van der Waals surface area contributed by atoms with Crippen molar-refractivity contribution in [1.82, 2.24) is 5.32 Å². The second-order valence-electron chi connectivity index (χ2n) is 7.88. The molecule has 1 aliphatic carbocycles. The maximum absolute atomic E-state index is 12.9. The highest BCUT2D eigenvalue weighted by atomic mass is 16.5. The molecule has 1 heterocycles. The van der Waals surface area contributed by atoms with Crippen molar-refractivity contribution in [3.05, 3.63) is 65.7 Å². The highest BCUT2D eigenvalue weighted by molar-refractivity contribution is 5.99. The number of amides is 2. The summed E-state index contributed by atoms with van der Waals surface area (Å²) in [5, 5.41) is 12.3. The predicted octanol–water partition coefficient (Wildman–Crippen LogP) is 3.13. The molecular weight excluding hydrogens is 368 g/mol. The first kappa shape index (κ1) is 19.5. The molecule has 2 N–H and O–H groups in total. The summed E-state index contributed by atoms with van der Waals surface area (Å²) < 4.78 is 5.25. The van der Waals surface area contributed by atoms with Crippen LogP contribution in [0.15, 0.2) is 54.6 Å². The number of nitrogens with zero attached hydrogens (tertiary/aromatic N) is 1. The van der Waals surface area contributed by atoms with E-state index < -0.39 is 12.1 Å². The third-order valence-electron chi connectivity index (χ3n) is 5.89. The second-order valence-corrected chi connectivity index (χ2v) is 7.88. The SMILES string of the molecule is O=C(NC1CCCN(c2ccc(C3(CO)CC3)cc2)C1=O)OCc1ccccc1. The second kappa shape index (κ2) is 8.25. The number of alkyl carbamates (subject to hydrolysis) is 1. The summed E-state index contributed by atoms with van der Waals surface area (Å²) in [6.45, 7) is 0.956. The number of ether oxygens (including phenoxy) is 1. The van der Waals surface area contributed by atoms with Gasteiger partial charge in [-0.15, -0.1) is 0 Å². The van der Waals surface area contributed by atoms with E-state index in [9.17, 15) is 14.7 Å². The Hall–Kier alpha value is -2.86. The highest BCUT2D eigenvalue weighted by Gasteiger charge is 2.43. The molecule has 6 heteroatoms. The Morgan fingerprint density at radius 3 is 2.52 bits per heavy atom. The molecule has 2 aromatic carbocycles. The fraction of sp³-hybridized carbons (Fsp3) is 0.391. The van der Waals surface area contributed by atoms with Crippen LogP contribution in [-0.2, 0) is 21.6 Å². The summed E-state index contributed by atoms with van der Waals surface area (Å²) in [5.41, 5.74) is 2.75. The molecule has 2 amide bonds. The molecule has 1 saturated heterocycles. The van der Waals surface area contributed by atoms with Gasteiger partial charge in [0.15, 0.2) is 0 Å². The van der Waals surface area contributed by atoms with Crippen molar-refractivity contribution in [2.75, 3.05) is 18.1 Å². The van der Waals surface area contributed by atoms with Crippen molar-refractivity contribution in [2.24, 2.45) is 0 Å². The van der Waals surface area contributed by atoms with Crippen LogP contribution in [0.3, 0.4) is 0 Å². The van der Waals surface area contributed by atoms with Gasteiger partial charge in [0.25, 0.3) is 0 Å². The summed E-state index contributed by atoms with van der Waals surface area (Å²) in [6, 6.07) is 16.7. The van der Waals surface area contributed by atoms with Crippen LogP contribution in [0.2, 0.25) is 0 Å². The number of aliphatic hydroxyl groups is 1. The van der Waals surface area contributed by atoms with Crippen molar-refractivity contribution < 1.29 is 19.4 Å². The van der Waals surface area contributed by atoms with E-state index in [1.165, 1.54) is 0 Å². The van der Waals surface area contributed by atoms with Crippen molar-refractivity contribution >= 4 is 17.7 Å². The molecule has 6 nitrogen and oxygen atoms in total. The first-order valence-electron chi connectivity index (χ1n) is 10.1. The average molecular weight is 394 g/mol. The van der Waals surface area contributed by atoms with Gasteiger partial charge in [-0.25, -0.2) is 4.79 Å². The van der Waals surface area contributed by atoms with Gasteiger partial charge >= 0.3 is 6.09 Å². The Kier molecular flexibility index (Phi) is 5.53. The fourth-order valence-electron chi connectivity index (χ4n) is 3.86. The Morgan fingerprint density at radius 2 is 1.86 bits per heavy atom. The fourth-order valence-corrected chi connectivity index (χ4v) is 3.86. The van der Waals surface area contributed by atoms with E-state index in [1.54, 1.807) is 4.90 Å². The van der Waals surface area contributed by atoms with Gasteiger partial charge in [0, 0.05) is 17.6 Å². The normalized spacial score (nSPS) is 20.2. The Labute approximate surface area is 170 Å². The Morgan fingerprint density at radius 1 is 1.14 bits per heavy atom. The van der Waals surface area contributed by atoms with Gasteiger partial charge < -0.3 is 20.1 Å². The summed E-state index contributed by atoms with van der Waals surface area (Å²) >= 11 is 0. The van der Waals surface area contributed by atoms with E-state index in [0.717, 1.165) is 36.1 Å². The molecule has 0 radical (unpaired) electrons. The molecule has 0 spiro atoms. The first-order chi connectivity index (χ1) is 14.1. The third kappa shape index (κ3) is 4.27. The minimum Gasteiger partial charge on any atom is -0.445 e. The molecule has 4 rings (SSSR count). The van der Waals surface area contributed by atoms with Crippen LogP contribution in [0.5, 0.6) is 0 Å². The zero-order chi connectivity index (χ0) is 20.3. The summed E-state index contributed by atoms with van der Waals surface area (Å²) in [7, 11) is 0. The number of rotatable bonds is 6. The van der Waals surface area contributed by atoms with E-state index in [1.807, 2.05) is 54.6 Å². The molecule has 0 bridgehead atoms. The molecule has 1 saturated carbocycles. The minimum absolute atomic E-state index is 0.0863. The van der Waals surface area contributed by atoms with E-state index in [4.69, 9.17) is 4.74 Å². The van der Waals surface area contributed by atoms with Gasteiger partial charge in [-0.1, -0.05) is 42.5 Å². The molecule has 29 heavy (non-hydrogen) atoms. The predicted molar refractivity (Wildman–Crippen MR) is 110 cm³/mol. The summed E-state index contributed by atoms with van der Waals surface area (Å²) in [4.78, 5) is 26.8. The van der Waals surface area contributed by atoms with Gasteiger partial charge in [-0.2, -0.15) is 0 Å². The molecule has 2 aromatic rings. The van der Waals surface area contributed by atoms with Crippen molar-refractivity contribution in [3.8, 4) is 0 Å². The van der Waals surface area contributed by atoms with Crippen molar-refractivity contribution in [3.63, 3.8) is 0 Å². The summed E-state index contributed by atoms with van der Waals surface area (Å²) in [5.74, 6) is -0.121. The highest BCUT2D eigenvalue weighted by Crippen LogP contribution is 2.47. The number of benzene rings is 2. The lowest BCUT2D eigenvalue weighted by Gasteiger charge is -2.32. The Bertz CT molecular complexity index is 862. The number of aliphatic hydroxyl groups excluding tert-OH is 1. The van der Waals surface area contributed by atoms with Gasteiger partial charge in [0.05, 0.1) is 6.61 Å². The molecule has 2 fully saturated rings. The van der Waals surface area contributed by atoms with E-state index in [-0.39, 0.29) is 24.5 Å².